The van der Waals surface area contributed by atoms with Gasteiger partial charge >= 0.3 is 5.97 Å². The van der Waals surface area contributed by atoms with Gasteiger partial charge < -0.3 is 15.0 Å². The Morgan fingerprint density at radius 3 is 2.46 bits per heavy atom. The van der Waals surface area contributed by atoms with Gasteiger partial charge in [-0.25, -0.2) is 17.9 Å². The zero-order chi connectivity index (χ0) is 20.7. The molecular formula is C18H23N3O6S. The molecule has 0 unspecified atom stereocenters. The first-order chi connectivity index (χ1) is 13.2. The Morgan fingerprint density at radius 1 is 1.25 bits per heavy atom. The van der Waals surface area contributed by atoms with E-state index in [9.17, 15) is 22.8 Å². The SMILES string of the molecule is C=CCNS(=O)(=O)c1ccc(C(=O)OCC(=O)N(C)CC(=O)NC2CC2)cc1. The maximum Gasteiger partial charge on any atom is 0.338 e. The lowest BCUT2D eigenvalue weighted by atomic mass is 10.2. The van der Waals surface area contributed by atoms with Crippen LogP contribution in [-0.2, 0) is 24.3 Å². The van der Waals surface area contributed by atoms with Crippen molar-refractivity contribution in [2.24, 2.45) is 0 Å². The van der Waals surface area contributed by atoms with Crippen LogP contribution in [0.2, 0.25) is 0 Å². The van der Waals surface area contributed by atoms with E-state index in [-0.39, 0.29) is 35.5 Å². The van der Waals surface area contributed by atoms with E-state index in [0.717, 1.165) is 12.8 Å². The Bertz CT molecular complexity index is 847. The molecule has 0 spiro atoms. The van der Waals surface area contributed by atoms with Crippen LogP contribution in [0.1, 0.15) is 23.2 Å². The smallest absolute Gasteiger partial charge is 0.338 e. The summed E-state index contributed by atoms with van der Waals surface area (Å²) in [6, 6.07) is 5.31. The van der Waals surface area contributed by atoms with Crippen molar-refractivity contribution in [1.82, 2.24) is 14.9 Å². The molecule has 152 valence electrons. The van der Waals surface area contributed by atoms with Crippen molar-refractivity contribution in [3.63, 3.8) is 0 Å². The van der Waals surface area contributed by atoms with Gasteiger partial charge in [0.15, 0.2) is 6.61 Å². The van der Waals surface area contributed by atoms with Gasteiger partial charge in [-0.15, -0.1) is 6.58 Å². The largest absolute Gasteiger partial charge is 0.452 e. The average Bonchev–Trinajstić information content (AvgIpc) is 3.48. The summed E-state index contributed by atoms with van der Waals surface area (Å²) in [5, 5.41) is 2.76. The minimum Gasteiger partial charge on any atom is -0.452 e. The van der Waals surface area contributed by atoms with E-state index >= 15 is 0 Å². The number of nitrogens with one attached hydrogen (secondary N) is 2. The summed E-state index contributed by atoms with van der Waals surface area (Å²) in [6.45, 7) is 2.88. The van der Waals surface area contributed by atoms with Crippen LogP contribution in [0.15, 0.2) is 41.8 Å². The molecular weight excluding hydrogens is 386 g/mol. The van der Waals surface area contributed by atoms with Crippen molar-refractivity contribution in [2.45, 2.75) is 23.8 Å². The number of nitrogens with zero attached hydrogens (tertiary/aromatic N) is 1. The van der Waals surface area contributed by atoms with Gasteiger partial charge in [0, 0.05) is 19.6 Å². The second-order valence-electron chi connectivity index (χ2n) is 6.33. The topological polar surface area (TPSA) is 122 Å². The highest BCUT2D eigenvalue weighted by Gasteiger charge is 2.24. The maximum atomic E-state index is 12.0. The minimum absolute atomic E-state index is 0.0108. The Morgan fingerprint density at radius 2 is 1.89 bits per heavy atom. The highest BCUT2D eigenvalue weighted by Crippen LogP contribution is 2.18. The third-order valence-corrected chi connectivity index (χ3v) is 5.33. The molecule has 1 aliphatic carbocycles. The first kappa shape index (κ1) is 21.6. The second kappa shape index (κ2) is 9.47. The van der Waals surface area contributed by atoms with E-state index in [4.69, 9.17) is 4.74 Å². The fourth-order valence-corrected chi connectivity index (χ4v) is 3.15. The molecule has 28 heavy (non-hydrogen) atoms. The van der Waals surface area contributed by atoms with Crippen molar-refractivity contribution in [2.75, 3.05) is 26.7 Å². The molecule has 0 aromatic heterocycles. The van der Waals surface area contributed by atoms with Crippen molar-refractivity contribution in [3.05, 3.63) is 42.5 Å². The van der Waals surface area contributed by atoms with Crippen LogP contribution in [0.3, 0.4) is 0 Å². The molecule has 1 fully saturated rings. The number of ether oxygens (including phenoxy) is 1. The first-order valence-corrected chi connectivity index (χ1v) is 10.1. The van der Waals surface area contributed by atoms with Gasteiger partial charge in [-0.2, -0.15) is 0 Å². The lowest BCUT2D eigenvalue weighted by molar-refractivity contribution is -0.137. The number of carbonyl (C=O) groups excluding carboxylic acids is 3. The van der Waals surface area contributed by atoms with E-state index in [1.807, 2.05) is 0 Å². The predicted molar refractivity (Wildman–Crippen MR) is 101 cm³/mol. The third kappa shape index (κ3) is 6.46. The number of amides is 2. The molecule has 1 aromatic carbocycles. The Balaban J connectivity index is 1.84. The summed E-state index contributed by atoms with van der Waals surface area (Å²) in [7, 11) is -2.25. The van der Waals surface area contributed by atoms with Crippen molar-refractivity contribution in [1.29, 1.82) is 0 Å². The van der Waals surface area contributed by atoms with Crippen LogP contribution >= 0.6 is 0 Å². The number of esters is 1. The molecule has 10 heteroatoms. The Labute approximate surface area is 163 Å². The van der Waals surface area contributed by atoms with Crippen molar-refractivity contribution < 1.29 is 27.5 Å². The predicted octanol–water partition coefficient (Wildman–Crippen LogP) is 0.0447. The lowest BCUT2D eigenvalue weighted by Gasteiger charge is -2.16. The first-order valence-electron chi connectivity index (χ1n) is 8.64. The number of sulfonamides is 1. The Kier molecular flexibility index (Phi) is 7.30. The number of rotatable bonds is 10. The second-order valence-corrected chi connectivity index (χ2v) is 8.10. The van der Waals surface area contributed by atoms with Crippen LogP contribution in [0.4, 0.5) is 0 Å². The molecule has 0 bridgehead atoms. The summed E-state index contributed by atoms with van der Waals surface area (Å²) in [6.07, 6.45) is 3.31. The number of hydrogen-bond acceptors (Lipinski definition) is 6. The molecule has 9 nitrogen and oxygen atoms in total. The van der Waals surface area contributed by atoms with Crippen LogP contribution in [0.5, 0.6) is 0 Å². The fourth-order valence-electron chi connectivity index (χ4n) is 2.15. The molecule has 0 radical (unpaired) electrons. The highest BCUT2D eigenvalue weighted by atomic mass is 32.2. The molecule has 0 saturated heterocycles. The average molecular weight is 409 g/mol. The van der Waals surface area contributed by atoms with Crippen LogP contribution in [0.25, 0.3) is 0 Å². The lowest BCUT2D eigenvalue weighted by Crippen LogP contribution is -2.40. The summed E-state index contributed by atoms with van der Waals surface area (Å²) in [5.41, 5.74) is 0.101. The molecule has 2 rings (SSSR count). The van der Waals surface area contributed by atoms with Gasteiger partial charge in [0.05, 0.1) is 17.0 Å². The zero-order valence-corrected chi connectivity index (χ0v) is 16.3. The van der Waals surface area contributed by atoms with Crippen molar-refractivity contribution in [3.8, 4) is 0 Å². The van der Waals surface area contributed by atoms with Gasteiger partial charge in [-0.1, -0.05) is 6.08 Å². The van der Waals surface area contributed by atoms with Crippen LogP contribution in [0, 0.1) is 0 Å². The number of likely N-dealkylation sites (N-methyl/N-ethyl adjacent to an activating group) is 1. The number of benzene rings is 1. The number of hydrogen-bond donors (Lipinski definition) is 2. The standard InChI is InChI=1S/C18H23N3O6S/c1-3-10-19-28(25,26)15-8-4-13(5-9-15)18(24)27-12-17(23)21(2)11-16(22)20-14-6-7-14/h3-5,8-9,14,19H,1,6-7,10-12H2,2H3,(H,20,22). The summed E-state index contributed by atoms with van der Waals surface area (Å²) >= 11 is 0. The molecule has 1 aromatic rings. The van der Waals surface area contributed by atoms with Gasteiger partial charge in [-0.05, 0) is 37.1 Å². The molecule has 2 N–H and O–H groups in total. The molecule has 0 aliphatic heterocycles. The van der Waals surface area contributed by atoms with Gasteiger partial charge in [0.25, 0.3) is 5.91 Å². The quantitative estimate of drug-likeness (QED) is 0.416. The fraction of sp³-hybridized carbons (Fsp3) is 0.389. The summed E-state index contributed by atoms with van der Waals surface area (Å²) in [5.74, 6) is -1.55. The molecule has 1 aliphatic rings. The summed E-state index contributed by atoms with van der Waals surface area (Å²) < 4.78 is 31.2. The normalized spacial score (nSPS) is 13.5. The molecule has 2 amide bonds. The summed E-state index contributed by atoms with van der Waals surface area (Å²) in [4.78, 5) is 36.8. The Hall–Kier alpha value is -2.72. The van der Waals surface area contributed by atoms with Gasteiger partial charge in [0.2, 0.25) is 15.9 Å². The number of carbonyl (C=O) groups is 3. The van der Waals surface area contributed by atoms with E-state index < -0.39 is 28.5 Å². The third-order valence-electron chi connectivity index (χ3n) is 3.89. The molecule has 0 heterocycles. The van der Waals surface area contributed by atoms with Gasteiger partial charge in [-0.3, -0.25) is 9.59 Å². The van der Waals surface area contributed by atoms with Crippen molar-refractivity contribution >= 4 is 27.8 Å². The highest BCUT2D eigenvalue weighted by molar-refractivity contribution is 7.89. The monoisotopic (exact) mass is 409 g/mol. The van der Waals surface area contributed by atoms with Crippen LogP contribution in [-0.4, -0.2) is 63.9 Å². The van der Waals surface area contributed by atoms with E-state index in [1.54, 1.807) is 0 Å². The molecule has 0 atom stereocenters. The zero-order valence-electron chi connectivity index (χ0n) is 15.5. The van der Waals surface area contributed by atoms with Gasteiger partial charge in [0.1, 0.15) is 0 Å². The van der Waals surface area contributed by atoms with E-state index in [2.05, 4.69) is 16.6 Å². The van der Waals surface area contributed by atoms with E-state index in [1.165, 1.54) is 42.3 Å². The van der Waals surface area contributed by atoms with Crippen LogP contribution < -0.4 is 10.0 Å². The maximum absolute atomic E-state index is 12.0. The van der Waals surface area contributed by atoms with E-state index in [0.29, 0.717) is 0 Å². The molecule has 1 saturated carbocycles. The minimum atomic E-state index is -3.69.